The molecule has 120 valence electrons. The van der Waals surface area contributed by atoms with Gasteiger partial charge in [0.15, 0.2) is 0 Å². The van der Waals surface area contributed by atoms with Crippen LogP contribution in [0.15, 0.2) is 24.3 Å². The van der Waals surface area contributed by atoms with Crippen molar-refractivity contribution >= 4 is 24.0 Å². The molecule has 0 heterocycles. The number of hydrogen-bond acceptors (Lipinski definition) is 3. The van der Waals surface area contributed by atoms with Crippen molar-refractivity contribution in [3.8, 4) is 5.75 Å². The van der Waals surface area contributed by atoms with Crippen molar-refractivity contribution in [3.63, 3.8) is 0 Å². The smallest absolute Gasteiger partial charge is 0.224 e. The van der Waals surface area contributed by atoms with Gasteiger partial charge in [-0.2, -0.15) is 0 Å². The zero-order valence-corrected chi connectivity index (χ0v) is 13.7. The fourth-order valence-corrected chi connectivity index (χ4v) is 1.90. The molecule has 0 aliphatic rings. The topological polar surface area (TPSA) is 64.3 Å². The number of anilines is 1. The molecule has 0 bridgehead atoms. The second kappa shape index (κ2) is 11.4. The Balaban J connectivity index is 0.00000400. The van der Waals surface area contributed by atoms with Crippen molar-refractivity contribution in [3.05, 3.63) is 24.3 Å². The molecule has 0 aliphatic heterocycles. The van der Waals surface area contributed by atoms with Gasteiger partial charge in [-0.3, -0.25) is 4.79 Å². The lowest BCUT2D eigenvalue weighted by molar-refractivity contribution is -0.116. The molecule has 1 amide bonds. The number of hydrogen-bond donors (Lipinski definition) is 2. The van der Waals surface area contributed by atoms with Gasteiger partial charge in [0.25, 0.3) is 0 Å². The van der Waals surface area contributed by atoms with Gasteiger partial charge in [0.1, 0.15) is 5.75 Å². The summed E-state index contributed by atoms with van der Waals surface area (Å²) in [5.41, 5.74) is 6.24. The molecule has 0 aromatic heterocycles. The summed E-state index contributed by atoms with van der Waals surface area (Å²) in [6.07, 6.45) is 4.84. The molecule has 3 N–H and O–H groups in total. The van der Waals surface area contributed by atoms with E-state index in [9.17, 15) is 4.79 Å². The Hall–Kier alpha value is -1.26. The maximum absolute atomic E-state index is 11.7. The number of carbonyl (C=O) groups excluding carboxylic acids is 1. The Bertz CT molecular complexity index is 394. The van der Waals surface area contributed by atoms with Gasteiger partial charge in [-0.1, -0.05) is 12.8 Å². The molecule has 5 heteroatoms. The predicted octanol–water partition coefficient (Wildman–Crippen LogP) is 3.74. The normalized spacial score (nSPS) is 10.1. The van der Waals surface area contributed by atoms with E-state index in [4.69, 9.17) is 10.5 Å². The third-order valence-corrected chi connectivity index (χ3v) is 2.87. The average Bonchev–Trinajstić information content (AvgIpc) is 2.40. The van der Waals surface area contributed by atoms with Crippen LogP contribution in [0.5, 0.6) is 5.75 Å². The Morgan fingerprint density at radius 2 is 1.76 bits per heavy atom. The van der Waals surface area contributed by atoms with E-state index < -0.39 is 0 Å². The molecule has 0 aliphatic carbocycles. The van der Waals surface area contributed by atoms with E-state index in [0.717, 1.165) is 43.7 Å². The molecule has 1 aromatic rings. The van der Waals surface area contributed by atoms with Crippen molar-refractivity contribution in [2.75, 3.05) is 11.9 Å². The van der Waals surface area contributed by atoms with Crippen molar-refractivity contribution in [2.24, 2.45) is 5.73 Å². The van der Waals surface area contributed by atoms with Crippen LogP contribution in [0.2, 0.25) is 0 Å². The number of halogens is 1. The monoisotopic (exact) mass is 314 g/mol. The lowest BCUT2D eigenvalue weighted by Crippen LogP contribution is -2.11. The van der Waals surface area contributed by atoms with Gasteiger partial charge in [-0.05, 0) is 57.5 Å². The zero-order chi connectivity index (χ0) is 14.8. The van der Waals surface area contributed by atoms with Crippen LogP contribution in [0, 0.1) is 0 Å². The highest BCUT2D eigenvalue weighted by Crippen LogP contribution is 2.17. The summed E-state index contributed by atoms with van der Waals surface area (Å²) < 4.78 is 5.55. The standard InChI is InChI=1S/C16H26N2O2.ClH/c1-13(2)20-15-10-8-14(9-11-15)18-16(19)7-5-3-4-6-12-17;/h8-11,13H,3-7,12,17H2,1-2H3,(H,18,19);1H. The van der Waals surface area contributed by atoms with Crippen LogP contribution in [0.1, 0.15) is 46.0 Å². The third kappa shape index (κ3) is 9.32. The predicted molar refractivity (Wildman–Crippen MR) is 90.2 cm³/mol. The highest BCUT2D eigenvalue weighted by atomic mass is 35.5. The molecule has 0 unspecified atom stereocenters. The lowest BCUT2D eigenvalue weighted by atomic mass is 10.1. The number of benzene rings is 1. The SMILES string of the molecule is CC(C)Oc1ccc(NC(=O)CCCCCCN)cc1.Cl. The largest absolute Gasteiger partial charge is 0.491 e. The molecular weight excluding hydrogens is 288 g/mol. The van der Waals surface area contributed by atoms with Crippen molar-refractivity contribution < 1.29 is 9.53 Å². The number of amides is 1. The molecule has 0 fully saturated rings. The van der Waals surface area contributed by atoms with E-state index in [-0.39, 0.29) is 24.4 Å². The van der Waals surface area contributed by atoms with Crippen molar-refractivity contribution in [1.82, 2.24) is 0 Å². The Labute approximate surface area is 133 Å². The van der Waals surface area contributed by atoms with E-state index in [2.05, 4.69) is 5.32 Å². The molecule has 0 spiro atoms. The first kappa shape index (κ1) is 19.7. The lowest BCUT2D eigenvalue weighted by Gasteiger charge is -2.10. The maximum atomic E-state index is 11.7. The third-order valence-electron chi connectivity index (χ3n) is 2.87. The van der Waals surface area contributed by atoms with E-state index in [1.807, 2.05) is 38.1 Å². The van der Waals surface area contributed by atoms with E-state index in [0.29, 0.717) is 6.42 Å². The van der Waals surface area contributed by atoms with Crippen molar-refractivity contribution in [1.29, 1.82) is 0 Å². The number of carbonyl (C=O) groups is 1. The van der Waals surface area contributed by atoms with Gasteiger partial charge >= 0.3 is 0 Å². The minimum atomic E-state index is 0. The molecule has 1 rings (SSSR count). The second-order valence-corrected chi connectivity index (χ2v) is 5.19. The van der Waals surface area contributed by atoms with Gasteiger partial charge in [-0.25, -0.2) is 0 Å². The molecule has 1 aromatic carbocycles. The summed E-state index contributed by atoms with van der Waals surface area (Å²) in [4.78, 5) is 11.7. The Morgan fingerprint density at radius 1 is 1.14 bits per heavy atom. The van der Waals surface area contributed by atoms with Crippen LogP contribution in [-0.4, -0.2) is 18.6 Å². The second-order valence-electron chi connectivity index (χ2n) is 5.19. The van der Waals surface area contributed by atoms with Gasteiger partial charge in [-0.15, -0.1) is 12.4 Å². The summed E-state index contributed by atoms with van der Waals surface area (Å²) in [7, 11) is 0. The molecule has 21 heavy (non-hydrogen) atoms. The number of nitrogens with two attached hydrogens (primary N) is 1. The minimum absolute atomic E-state index is 0. The maximum Gasteiger partial charge on any atom is 0.224 e. The average molecular weight is 315 g/mol. The number of nitrogens with one attached hydrogen (secondary N) is 1. The molecule has 4 nitrogen and oxygen atoms in total. The highest BCUT2D eigenvalue weighted by Gasteiger charge is 2.03. The molecular formula is C16H27ClN2O2. The van der Waals surface area contributed by atoms with Crippen LogP contribution in [0.25, 0.3) is 0 Å². The van der Waals surface area contributed by atoms with Gasteiger partial charge in [0, 0.05) is 12.1 Å². The fraction of sp³-hybridized carbons (Fsp3) is 0.562. The summed E-state index contributed by atoms with van der Waals surface area (Å²) in [6, 6.07) is 7.47. The Kier molecular flexibility index (Phi) is 10.7. The van der Waals surface area contributed by atoms with Crippen LogP contribution in [0.4, 0.5) is 5.69 Å². The zero-order valence-electron chi connectivity index (χ0n) is 12.9. The number of unbranched alkanes of at least 4 members (excludes halogenated alkanes) is 3. The molecule has 0 radical (unpaired) electrons. The number of rotatable bonds is 9. The number of ether oxygens (including phenoxy) is 1. The Morgan fingerprint density at radius 3 is 2.33 bits per heavy atom. The minimum Gasteiger partial charge on any atom is -0.491 e. The fourth-order valence-electron chi connectivity index (χ4n) is 1.90. The first-order valence-corrected chi connectivity index (χ1v) is 7.38. The van der Waals surface area contributed by atoms with Gasteiger partial charge < -0.3 is 15.8 Å². The van der Waals surface area contributed by atoms with Crippen LogP contribution in [-0.2, 0) is 4.79 Å². The van der Waals surface area contributed by atoms with Crippen LogP contribution < -0.4 is 15.8 Å². The quantitative estimate of drug-likeness (QED) is 0.682. The van der Waals surface area contributed by atoms with Gasteiger partial charge in [0.2, 0.25) is 5.91 Å². The van der Waals surface area contributed by atoms with Crippen LogP contribution >= 0.6 is 12.4 Å². The summed E-state index contributed by atoms with van der Waals surface area (Å²) in [5, 5.41) is 2.89. The molecule has 0 saturated carbocycles. The van der Waals surface area contributed by atoms with E-state index >= 15 is 0 Å². The highest BCUT2D eigenvalue weighted by molar-refractivity contribution is 5.90. The van der Waals surface area contributed by atoms with Crippen LogP contribution in [0.3, 0.4) is 0 Å². The first-order valence-electron chi connectivity index (χ1n) is 7.38. The molecule has 0 saturated heterocycles. The van der Waals surface area contributed by atoms with E-state index in [1.54, 1.807) is 0 Å². The summed E-state index contributed by atoms with van der Waals surface area (Å²) >= 11 is 0. The summed E-state index contributed by atoms with van der Waals surface area (Å²) in [6.45, 7) is 4.71. The van der Waals surface area contributed by atoms with Gasteiger partial charge in [0.05, 0.1) is 6.10 Å². The van der Waals surface area contributed by atoms with E-state index in [1.165, 1.54) is 0 Å². The molecule has 0 atom stereocenters. The van der Waals surface area contributed by atoms with Crippen molar-refractivity contribution in [2.45, 2.75) is 52.1 Å². The summed E-state index contributed by atoms with van der Waals surface area (Å²) in [5.74, 6) is 0.884. The first-order chi connectivity index (χ1) is 9.61.